The van der Waals surface area contributed by atoms with Gasteiger partial charge in [-0.3, -0.25) is 9.79 Å². The number of carbonyl (C=O) groups excluding carboxylic acids is 1. The van der Waals surface area contributed by atoms with E-state index in [2.05, 4.69) is 10.3 Å². The number of pyridine rings is 2. The largest absolute Gasteiger partial charge is 0.618 e. The number of hydrogen-bond donors (Lipinski definition) is 2. The molecular weight excluding hydrogens is 477 g/mol. The number of nitrogens with one attached hydrogen (secondary N) is 1. The molecule has 0 unspecified atom stereocenters. The standard InChI is InChI=1S/C22H20Cl2F2N4O3/c1-14(15-5-4-6-16(23)11-15)28-21(31)12-18-17(24)8-9-20(30(18)33)27-13-22(25,26)19-7-2-3-10-29(19)32/h2-11,14,33H,12-13H2,1H3,(H,28,31)/t14-/m1/s1. The molecule has 0 aliphatic rings. The summed E-state index contributed by atoms with van der Waals surface area (Å²) >= 11 is 12.1. The minimum Gasteiger partial charge on any atom is -0.618 e. The molecule has 0 aliphatic heterocycles. The Morgan fingerprint density at radius 2 is 2.00 bits per heavy atom. The fourth-order valence-corrected chi connectivity index (χ4v) is 3.52. The Balaban J connectivity index is 1.79. The lowest BCUT2D eigenvalue weighted by Crippen LogP contribution is -2.39. The molecule has 2 aromatic heterocycles. The number of carbonyl (C=O) groups is 1. The van der Waals surface area contributed by atoms with Gasteiger partial charge in [0.15, 0.2) is 11.7 Å². The quantitative estimate of drug-likeness (QED) is 0.296. The third-order valence-corrected chi connectivity index (χ3v) is 5.40. The number of alkyl halides is 2. The van der Waals surface area contributed by atoms with E-state index in [1.54, 1.807) is 31.2 Å². The summed E-state index contributed by atoms with van der Waals surface area (Å²) in [6.07, 6.45) is 0.623. The predicted octanol–water partition coefficient (Wildman–Crippen LogP) is 3.78. The minimum atomic E-state index is -3.58. The van der Waals surface area contributed by atoms with Crippen molar-refractivity contribution in [2.75, 3.05) is 6.54 Å². The van der Waals surface area contributed by atoms with E-state index in [9.17, 15) is 24.0 Å². The Labute approximate surface area is 198 Å². The van der Waals surface area contributed by atoms with Crippen LogP contribution in [0.5, 0.6) is 0 Å². The average Bonchev–Trinajstić information content (AvgIpc) is 2.76. The highest BCUT2D eigenvalue weighted by Gasteiger charge is 2.39. The number of hydrogen-bond acceptors (Lipinski definition) is 4. The first-order valence-electron chi connectivity index (χ1n) is 9.80. The summed E-state index contributed by atoms with van der Waals surface area (Å²) in [6, 6.07) is 12.8. The molecule has 0 saturated carbocycles. The highest BCUT2D eigenvalue weighted by Crippen LogP contribution is 2.25. The van der Waals surface area contributed by atoms with Crippen LogP contribution in [-0.4, -0.2) is 22.4 Å². The van der Waals surface area contributed by atoms with E-state index in [-0.39, 0.29) is 33.4 Å². The average molecular weight is 497 g/mol. The fourth-order valence-electron chi connectivity index (χ4n) is 3.11. The van der Waals surface area contributed by atoms with Gasteiger partial charge in [-0.1, -0.05) is 35.3 Å². The monoisotopic (exact) mass is 496 g/mol. The number of amides is 1. The summed E-state index contributed by atoms with van der Waals surface area (Å²) in [5.41, 5.74) is -0.281. The van der Waals surface area contributed by atoms with Gasteiger partial charge in [0, 0.05) is 17.2 Å². The van der Waals surface area contributed by atoms with E-state index in [4.69, 9.17) is 23.2 Å². The first-order valence-corrected chi connectivity index (χ1v) is 10.6. The summed E-state index contributed by atoms with van der Waals surface area (Å²) < 4.78 is 29.4. The van der Waals surface area contributed by atoms with Gasteiger partial charge in [0.2, 0.25) is 5.91 Å². The zero-order valence-electron chi connectivity index (χ0n) is 17.4. The maximum absolute atomic E-state index is 14.5. The van der Waals surface area contributed by atoms with E-state index in [1.807, 2.05) is 0 Å². The van der Waals surface area contributed by atoms with Gasteiger partial charge in [0.1, 0.15) is 6.54 Å². The van der Waals surface area contributed by atoms with Crippen LogP contribution >= 0.6 is 23.2 Å². The number of aromatic nitrogens is 2. The van der Waals surface area contributed by atoms with Gasteiger partial charge >= 0.3 is 5.92 Å². The van der Waals surface area contributed by atoms with Gasteiger partial charge < -0.3 is 15.7 Å². The fraction of sp³-hybridized carbons (Fsp3) is 0.227. The Hall–Kier alpha value is -3.17. The van der Waals surface area contributed by atoms with Crippen LogP contribution < -0.4 is 15.5 Å². The predicted molar refractivity (Wildman–Crippen MR) is 118 cm³/mol. The molecule has 0 bridgehead atoms. The zero-order chi connectivity index (χ0) is 24.2. The van der Waals surface area contributed by atoms with Crippen molar-refractivity contribution in [2.24, 2.45) is 4.99 Å². The molecule has 0 fully saturated rings. The summed E-state index contributed by atoms with van der Waals surface area (Å²) in [7, 11) is 0. The number of nitrogens with zero attached hydrogens (tertiary/aromatic N) is 3. The van der Waals surface area contributed by atoms with Gasteiger partial charge in [-0.15, -0.1) is 0 Å². The molecule has 0 aliphatic carbocycles. The van der Waals surface area contributed by atoms with E-state index in [1.165, 1.54) is 24.3 Å². The first kappa shape index (κ1) is 24.5. The molecule has 1 aromatic carbocycles. The van der Waals surface area contributed by atoms with Crippen molar-refractivity contribution in [3.05, 3.63) is 98.5 Å². The van der Waals surface area contributed by atoms with Gasteiger partial charge in [-0.05, 0) is 42.8 Å². The van der Waals surface area contributed by atoms with Crippen molar-refractivity contribution < 1.29 is 23.5 Å². The molecule has 2 N–H and O–H groups in total. The maximum atomic E-state index is 14.5. The molecule has 11 heteroatoms. The molecule has 174 valence electrons. The van der Waals surface area contributed by atoms with Crippen LogP contribution in [0.25, 0.3) is 0 Å². The molecule has 0 saturated heterocycles. The van der Waals surface area contributed by atoms with Crippen molar-refractivity contribution in [3.8, 4) is 0 Å². The van der Waals surface area contributed by atoms with Gasteiger partial charge in [-0.25, -0.2) is 0 Å². The molecule has 0 radical (unpaired) electrons. The topological polar surface area (TPSA) is 93.6 Å². The van der Waals surface area contributed by atoms with Crippen molar-refractivity contribution in [3.63, 3.8) is 0 Å². The second kappa shape index (κ2) is 10.2. The summed E-state index contributed by atoms with van der Waals surface area (Å²) in [6.45, 7) is 0.663. The SMILES string of the molecule is C[C@@H](NC(=O)Cc1c(Cl)ccc(=NCC(F)(F)c2cccc[n+]2[O-])n1O)c1cccc(Cl)c1. The number of benzene rings is 1. The second-order valence-corrected chi connectivity index (χ2v) is 8.09. The molecular formula is C22H20Cl2F2N4O3. The minimum absolute atomic E-state index is 0.0318. The van der Waals surface area contributed by atoms with Gasteiger partial charge in [0.05, 0.1) is 23.2 Å². The van der Waals surface area contributed by atoms with Crippen LogP contribution in [-0.2, 0) is 17.1 Å². The third-order valence-electron chi connectivity index (χ3n) is 4.82. The van der Waals surface area contributed by atoms with E-state index in [0.717, 1.165) is 17.8 Å². The van der Waals surface area contributed by atoms with Gasteiger partial charge in [-0.2, -0.15) is 18.2 Å². The first-order chi connectivity index (χ1) is 15.6. The molecule has 7 nitrogen and oxygen atoms in total. The molecule has 0 spiro atoms. The van der Waals surface area contributed by atoms with Crippen LogP contribution in [0.1, 0.15) is 29.9 Å². The van der Waals surface area contributed by atoms with Crippen LogP contribution in [0.2, 0.25) is 10.0 Å². The highest BCUT2D eigenvalue weighted by molar-refractivity contribution is 6.31. The van der Waals surface area contributed by atoms with E-state index >= 15 is 0 Å². The molecule has 2 heterocycles. The van der Waals surface area contributed by atoms with Crippen LogP contribution in [0.3, 0.4) is 0 Å². The highest BCUT2D eigenvalue weighted by atomic mass is 35.5. The van der Waals surface area contributed by atoms with Crippen molar-refractivity contribution in [2.45, 2.75) is 25.3 Å². The summed E-state index contributed by atoms with van der Waals surface area (Å²) in [5.74, 6) is -4.05. The lowest BCUT2D eigenvalue weighted by Gasteiger charge is -2.16. The zero-order valence-corrected chi connectivity index (χ0v) is 18.9. The maximum Gasteiger partial charge on any atom is 0.350 e. The van der Waals surface area contributed by atoms with Crippen molar-refractivity contribution in [1.82, 2.24) is 10.0 Å². The summed E-state index contributed by atoms with van der Waals surface area (Å²) in [5, 5.41) is 25.4. The van der Waals surface area contributed by atoms with Crippen LogP contribution in [0.15, 0.2) is 65.8 Å². The van der Waals surface area contributed by atoms with E-state index in [0.29, 0.717) is 9.75 Å². The normalized spacial score (nSPS) is 13.1. The molecule has 3 aromatic rings. The Kier molecular flexibility index (Phi) is 7.55. The Morgan fingerprint density at radius 1 is 1.24 bits per heavy atom. The van der Waals surface area contributed by atoms with Crippen LogP contribution in [0, 0.1) is 5.21 Å². The summed E-state index contributed by atoms with van der Waals surface area (Å²) in [4.78, 5) is 16.2. The second-order valence-electron chi connectivity index (χ2n) is 7.25. The molecule has 1 amide bonds. The Bertz CT molecular complexity index is 1230. The van der Waals surface area contributed by atoms with Crippen molar-refractivity contribution >= 4 is 29.1 Å². The smallest absolute Gasteiger partial charge is 0.350 e. The number of rotatable bonds is 7. The molecule has 1 atom stereocenters. The van der Waals surface area contributed by atoms with Crippen molar-refractivity contribution in [1.29, 1.82) is 0 Å². The molecule has 3 rings (SSSR count). The third kappa shape index (κ3) is 6.00. The Morgan fingerprint density at radius 3 is 2.70 bits per heavy atom. The van der Waals surface area contributed by atoms with E-state index < -0.39 is 24.1 Å². The lowest BCUT2D eigenvalue weighted by molar-refractivity contribution is -0.624. The molecule has 33 heavy (non-hydrogen) atoms. The lowest BCUT2D eigenvalue weighted by atomic mass is 10.1. The number of halogens is 4. The van der Waals surface area contributed by atoms with Crippen LogP contribution in [0.4, 0.5) is 8.78 Å². The van der Waals surface area contributed by atoms with Gasteiger partial charge in [0.25, 0.3) is 5.69 Å².